The summed E-state index contributed by atoms with van der Waals surface area (Å²) in [6, 6.07) is 5.71. The van der Waals surface area contributed by atoms with Crippen molar-refractivity contribution in [2.24, 2.45) is 5.41 Å². The van der Waals surface area contributed by atoms with Gasteiger partial charge in [-0.1, -0.05) is 18.2 Å². The van der Waals surface area contributed by atoms with Crippen molar-refractivity contribution in [1.29, 1.82) is 0 Å². The first kappa shape index (κ1) is 19.2. The van der Waals surface area contributed by atoms with E-state index in [1.54, 1.807) is 16.4 Å². The maximum atomic E-state index is 11.9. The van der Waals surface area contributed by atoms with E-state index in [-0.39, 0.29) is 18.0 Å². The molecule has 1 aliphatic carbocycles. The van der Waals surface area contributed by atoms with Crippen LogP contribution in [0.3, 0.4) is 0 Å². The van der Waals surface area contributed by atoms with Crippen LogP contribution in [0.5, 0.6) is 0 Å². The molecule has 0 saturated heterocycles. The molecule has 2 aromatic rings. The Morgan fingerprint density at radius 1 is 1.33 bits per heavy atom. The van der Waals surface area contributed by atoms with E-state index in [1.807, 2.05) is 24.4 Å². The van der Waals surface area contributed by atoms with Gasteiger partial charge in [0.1, 0.15) is 10.7 Å². The number of benzene rings is 1. The van der Waals surface area contributed by atoms with Gasteiger partial charge in [-0.05, 0) is 30.9 Å². The maximum absolute atomic E-state index is 11.9. The molecule has 0 fully saturated rings. The Labute approximate surface area is 158 Å². The van der Waals surface area contributed by atoms with Gasteiger partial charge in [-0.25, -0.2) is 13.9 Å². The number of nitrogens with one attached hydrogen (secondary N) is 1. The highest BCUT2D eigenvalue weighted by molar-refractivity contribution is 7.72. The summed E-state index contributed by atoms with van der Waals surface area (Å²) < 4.78 is 23.8. The zero-order valence-corrected chi connectivity index (χ0v) is 15.7. The highest BCUT2D eigenvalue weighted by Gasteiger charge is 2.34. The van der Waals surface area contributed by atoms with Crippen LogP contribution < -0.4 is 5.48 Å². The smallest absolute Gasteiger partial charge is 0.250 e. The molecule has 1 heterocycles. The van der Waals surface area contributed by atoms with Gasteiger partial charge < -0.3 is 0 Å². The zero-order valence-electron chi connectivity index (χ0n) is 14.8. The summed E-state index contributed by atoms with van der Waals surface area (Å²) in [5.74, 6) is -0.926. The second-order valence-electron chi connectivity index (χ2n) is 7.03. The molecule has 0 aliphatic heterocycles. The number of Topliss-reactive ketones (excluding diaryl/α,β-unsaturated/α-hetero) is 1. The summed E-state index contributed by atoms with van der Waals surface area (Å²) in [4.78, 5) is 23.6. The van der Waals surface area contributed by atoms with Gasteiger partial charge in [0.2, 0.25) is 5.91 Å². The van der Waals surface area contributed by atoms with Crippen molar-refractivity contribution in [1.82, 2.24) is 15.3 Å². The largest absolute Gasteiger partial charge is 0.294 e. The van der Waals surface area contributed by atoms with Gasteiger partial charge in [-0.3, -0.25) is 19.5 Å². The second-order valence-corrected chi connectivity index (χ2v) is 8.01. The van der Waals surface area contributed by atoms with Crippen LogP contribution in [0.2, 0.25) is 0 Å². The molecular formula is C18H21N3O5S. The molecule has 27 heavy (non-hydrogen) atoms. The molecule has 0 radical (unpaired) electrons. The maximum Gasteiger partial charge on any atom is 0.250 e. The number of nitrogens with zero attached hydrogens (tertiary/aromatic N) is 2. The number of ketones is 1. The Morgan fingerprint density at radius 3 is 2.81 bits per heavy atom. The lowest BCUT2D eigenvalue weighted by Crippen LogP contribution is -2.41. The van der Waals surface area contributed by atoms with Crippen molar-refractivity contribution < 1.29 is 23.2 Å². The number of fused-ring (bicyclic) bond motifs is 1. The summed E-state index contributed by atoms with van der Waals surface area (Å²) >= 11 is 0. The van der Waals surface area contributed by atoms with Gasteiger partial charge in [0.15, 0.2) is 5.78 Å². The summed E-state index contributed by atoms with van der Waals surface area (Å²) in [7, 11) is -2.77. The van der Waals surface area contributed by atoms with Gasteiger partial charge in [-0.2, -0.15) is 5.10 Å². The van der Waals surface area contributed by atoms with Gasteiger partial charge in [0.25, 0.3) is 0 Å². The molecule has 0 saturated carbocycles. The topological polar surface area (TPSA) is 118 Å². The molecule has 1 aliphatic rings. The summed E-state index contributed by atoms with van der Waals surface area (Å²) in [5.41, 5.74) is 3.94. The first-order valence-corrected chi connectivity index (χ1v) is 9.94. The molecule has 3 rings (SSSR count). The second kappa shape index (κ2) is 7.61. The Morgan fingerprint density at radius 2 is 2.11 bits per heavy atom. The van der Waals surface area contributed by atoms with E-state index in [1.165, 1.54) is 6.92 Å². The third kappa shape index (κ3) is 4.09. The number of aromatic nitrogens is 2. The molecular weight excluding hydrogens is 370 g/mol. The van der Waals surface area contributed by atoms with E-state index in [0.29, 0.717) is 13.0 Å². The van der Waals surface area contributed by atoms with Crippen molar-refractivity contribution in [3.05, 3.63) is 41.7 Å². The highest BCUT2D eigenvalue weighted by Crippen LogP contribution is 2.28. The Balaban J connectivity index is 1.74. The molecule has 0 spiro atoms. The number of hydroxylamine groups is 1. The van der Waals surface area contributed by atoms with E-state index < -0.39 is 22.0 Å². The van der Waals surface area contributed by atoms with Crippen molar-refractivity contribution >= 4 is 22.4 Å². The summed E-state index contributed by atoms with van der Waals surface area (Å²) in [5, 5.41) is 13.2. The third-order valence-corrected chi connectivity index (χ3v) is 5.97. The SMILES string of the molecule is CC(CCn1cc(-c2ccc3c(c2)CCC3=O)cn1)(C[SH](=O)=O)C(=O)NO. The Kier molecular flexibility index (Phi) is 5.43. The molecule has 1 atom stereocenters. The first-order chi connectivity index (χ1) is 12.8. The predicted molar refractivity (Wildman–Crippen MR) is 98.1 cm³/mol. The molecule has 2 N–H and O–H groups in total. The fraction of sp³-hybridized carbons (Fsp3) is 0.389. The quantitative estimate of drug-likeness (QED) is 0.371. The number of carbonyl (C=O) groups is 2. The van der Waals surface area contributed by atoms with Gasteiger partial charge in [0.05, 0.1) is 17.4 Å². The third-order valence-electron chi connectivity index (χ3n) is 5.01. The standard InChI is InChI=1S/C18H21N3O5S/c1-18(11-27(25)26,17(23)20-24)6-7-21-10-14(9-19-21)12-2-4-15-13(8-12)3-5-16(15)22/h2,4,8-10,24,27H,3,5-7,11H2,1H3,(H,20,23). The number of thiol groups is 1. The lowest BCUT2D eigenvalue weighted by molar-refractivity contribution is -0.138. The normalized spacial score (nSPS) is 15.6. The van der Waals surface area contributed by atoms with E-state index in [2.05, 4.69) is 5.10 Å². The lowest BCUT2D eigenvalue weighted by atomic mass is 9.88. The summed E-state index contributed by atoms with van der Waals surface area (Å²) in [6.07, 6.45) is 5.00. The number of hydrogen-bond donors (Lipinski definition) is 3. The molecule has 1 aromatic carbocycles. The van der Waals surface area contributed by atoms with E-state index in [4.69, 9.17) is 5.21 Å². The number of hydrogen-bond acceptors (Lipinski definition) is 6. The first-order valence-electron chi connectivity index (χ1n) is 8.58. The Bertz CT molecular complexity index is 958. The van der Waals surface area contributed by atoms with Crippen LogP contribution in [0.4, 0.5) is 0 Å². The fourth-order valence-corrected chi connectivity index (χ4v) is 4.19. The van der Waals surface area contributed by atoms with Crippen LogP contribution in [-0.2, 0) is 28.5 Å². The minimum absolute atomic E-state index is 0.172. The summed E-state index contributed by atoms with van der Waals surface area (Å²) in [6.45, 7) is 1.81. The molecule has 1 aromatic heterocycles. The van der Waals surface area contributed by atoms with Crippen molar-refractivity contribution in [2.75, 3.05) is 5.75 Å². The van der Waals surface area contributed by atoms with E-state index >= 15 is 0 Å². The molecule has 1 unspecified atom stereocenters. The minimum Gasteiger partial charge on any atom is -0.294 e. The van der Waals surface area contributed by atoms with Crippen molar-refractivity contribution in [3.63, 3.8) is 0 Å². The van der Waals surface area contributed by atoms with Crippen LogP contribution in [-0.4, -0.2) is 40.8 Å². The van der Waals surface area contributed by atoms with E-state index in [9.17, 15) is 18.0 Å². The number of rotatable bonds is 7. The Hall–Kier alpha value is -2.52. The average Bonchev–Trinajstić information content (AvgIpc) is 3.25. The van der Waals surface area contributed by atoms with Crippen LogP contribution in [0.15, 0.2) is 30.6 Å². The number of aryl methyl sites for hydroxylation is 2. The van der Waals surface area contributed by atoms with Crippen LogP contribution in [0.25, 0.3) is 11.1 Å². The van der Waals surface area contributed by atoms with Crippen LogP contribution >= 0.6 is 0 Å². The number of amides is 1. The molecule has 144 valence electrons. The van der Waals surface area contributed by atoms with Gasteiger partial charge in [-0.15, -0.1) is 0 Å². The minimum atomic E-state index is -2.77. The zero-order chi connectivity index (χ0) is 19.6. The lowest BCUT2D eigenvalue weighted by Gasteiger charge is -2.24. The van der Waals surface area contributed by atoms with Crippen LogP contribution in [0, 0.1) is 5.41 Å². The average molecular weight is 391 g/mol. The van der Waals surface area contributed by atoms with E-state index in [0.717, 1.165) is 28.7 Å². The van der Waals surface area contributed by atoms with Gasteiger partial charge >= 0.3 is 0 Å². The van der Waals surface area contributed by atoms with Crippen LogP contribution in [0.1, 0.15) is 35.7 Å². The monoisotopic (exact) mass is 391 g/mol. The van der Waals surface area contributed by atoms with Crippen molar-refractivity contribution in [2.45, 2.75) is 32.7 Å². The molecule has 9 heteroatoms. The molecule has 0 bridgehead atoms. The highest BCUT2D eigenvalue weighted by atomic mass is 32.2. The number of carbonyl (C=O) groups excluding carboxylic acids is 2. The predicted octanol–water partition coefficient (Wildman–Crippen LogP) is 1.19. The van der Waals surface area contributed by atoms with Gasteiger partial charge in [0, 0.05) is 30.3 Å². The molecule has 8 nitrogen and oxygen atoms in total. The molecule has 1 amide bonds. The van der Waals surface area contributed by atoms with Crippen molar-refractivity contribution in [3.8, 4) is 11.1 Å². The fourth-order valence-electron chi connectivity index (χ4n) is 3.32.